The van der Waals surface area contributed by atoms with E-state index in [1.54, 1.807) is 36.4 Å². The molecule has 0 spiro atoms. The molecule has 0 radical (unpaired) electrons. The Balaban J connectivity index is 1.87. The first-order valence-electron chi connectivity index (χ1n) is 8.35. The predicted octanol–water partition coefficient (Wildman–Crippen LogP) is 3.16. The van der Waals surface area contributed by atoms with Gasteiger partial charge in [-0.25, -0.2) is 9.59 Å². The third-order valence-electron chi connectivity index (χ3n) is 3.94. The zero-order chi connectivity index (χ0) is 21.0. The van der Waals surface area contributed by atoms with Crippen LogP contribution in [-0.2, 0) is 9.53 Å². The molecule has 9 nitrogen and oxygen atoms in total. The molecule has 0 saturated carbocycles. The summed E-state index contributed by atoms with van der Waals surface area (Å²) in [5.74, 6) is -1.59. The molecule has 0 aliphatic carbocycles. The number of carbonyl (C=O) groups is 3. The Morgan fingerprint density at radius 2 is 1.83 bits per heavy atom. The van der Waals surface area contributed by atoms with E-state index >= 15 is 0 Å². The second-order valence-corrected chi connectivity index (χ2v) is 6.94. The number of amides is 3. The van der Waals surface area contributed by atoms with Crippen molar-refractivity contribution >= 4 is 45.0 Å². The molecule has 1 heterocycles. The summed E-state index contributed by atoms with van der Waals surface area (Å²) in [7, 11) is 1.35. The molecule has 148 valence electrons. The van der Waals surface area contributed by atoms with E-state index in [0.717, 1.165) is 11.3 Å². The monoisotopic (exact) mass is 413 g/mol. The topological polar surface area (TPSA) is 128 Å². The minimum absolute atomic E-state index is 0.0951. The molecule has 0 fully saturated rings. The average Bonchev–Trinajstić information content (AvgIpc) is 3.15. The average molecular weight is 413 g/mol. The lowest BCUT2D eigenvalue weighted by molar-refractivity contribution is -0.384. The number of nitrogens with zero attached hydrogens (tertiary/aromatic N) is 1. The van der Waals surface area contributed by atoms with Crippen LogP contribution >= 0.6 is 11.3 Å². The van der Waals surface area contributed by atoms with Crippen LogP contribution in [0.15, 0.2) is 54.6 Å². The minimum Gasteiger partial charge on any atom is -0.443 e. The van der Waals surface area contributed by atoms with Gasteiger partial charge in [0.05, 0.1) is 4.92 Å². The number of imide groups is 1. The van der Waals surface area contributed by atoms with E-state index in [1.807, 2.05) is 0 Å². The number of urea groups is 1. The largest absolute Gasteiger partial charge is 0.443 e. The van der Waals surface area contributed by atoms with Crippen molar-refractivity contribution in [2.24, 2.45) is 0 Å². The maximum atomic E-state index is 12.7. The molecule has 3 rings (SSSR count). The highest BCUT2D eigenvalue weighted by Gasteiger charge is 2.27. The third-order valence-corrected chi connectivity index (χ3v) is 5.04. The van der Waals surface area contributed by atoms with Crippen molar-refractivity contribution in [3.8, 4) is 0 Å². The molecule has 2 aromatic carbocycles. The summed E-state index contributed by atoms with van der Waals surface area (Å²) in [6, 6.07) is 13.2. The van der Waals surface area contributed by atoms with Crippen LogP contribution in [0.1, 0.15) is 21.3 Å². The zero-order valence-electron chi connectivity index (χ0n) is 15.1. The molecule has 0 bridgehead atoms. The summed E-state index contributed by atoms with van der Waals surface area (Å²) < 4.78 is 6.04. The summed E-state index contributed by atoms with van der Waals surface area (Å²) in [5.41, 5.74) is 0.293. The van der Waals surface area contributed by atoms with Crippen molar-refractivity contribution < 1.29 is 24.0 Å². The second kappa shape index (κ2) is 8.48. The Labute approximate surface area is 168 Å². The third kappa shape index (κ3) is 4.55. The molecule has 0 saturated heterocycles. The van der Waals surface area contributed by atoms with Crippen molar-refractivity contribution in [2.45, 2.75) is 6.10 Å². The Morgan fingerprint density at radius 3 is 2.48 bits per heavy atom. The lowest BCUT2D eigenvalue weighted by atomic mass is 10.1. The van der Waals surface area contributed by atoms with Gasteiger partial charge in [0.2, 0.25) is 6.10 Å². The minimum atomic E-state index is -1.35. The van der Waals surface area contributed by atoms with Gasteiger partial charge in [0.1, 0.15) is 4.88 Å². The Hall–Kier alpha value is -3.79. The predicted molar refractivity (Wildman–Crippen MR) is 106 cm³/mol. The van der Waals surface area contributed by atoms with Crippen molar-refractivity contribution in [2.75, 3.05) is 7.05 Å². The first kappa shape index (κ1) is 20.0. The highest BCUT2D eigenvalue weighted by atomic mass is 32.1. The molecular weight excluding hydrogens is 398 g/mol. The molecule has 0 aliphatic heterocycles. The van der Waals surface area contributed by atoms with Gasteiger partial charge in [-0.05, 0) is 12.1 Å². The molecule has 0 aliphatic rings. The number of thiophene rings is 1. The summed E-state index contributed by atoms with van der Waals surface area (Å²) in [6.07, 6.45) is -1.35. The number of non-ortho nitro benzene ring substituents is 1. The second-order valence-electron chi connectivity index (χ2n) is 5.85. The molecule has 10 heteroatoms. The standard InChI is InChI=1S/C19H15N3O6S/c1-20-19(25)21-17(23)16(11-5-3-2-4-6-11)28-18(24)15-10-12-9-13(22(26)27)7-8-14(12)29-15/h2-10,16H,1H3,(H2,20,21,23,25)/t16-/m1/s1. The van der Waals surface area contributed by atoms with Gasteiger partial charge < -0.3 is 10.1 Å². The van der Waals surface area contributed by atoms with Gasteiger partial charge in [0.25, 0.3) is 11.6 Å². The zero-order valence-corrected chi connectivity index (χ0v) is 15.9. The van der Waals surface area contributed by atoms with Crippen LogP contribution in [0.2, 0.25) is 0 Å². The van der Waals surface area contributed by atoms with Crippen LogP contribution in [0.5, 0.6) is 0 Å². The number of fused-ring (bicyclic) bond motifs is 1. The normalized spacial score (nSPS) is 11.5. The van der Waals surface area contributed by atoms with Crippen LogP contribution in [0.4, 0.5) is 10.5 Å². The fraction of sp³-hybridized carbons (Fsp3) is 0.105. The Morgan fingerprint density at radius 1 is 1.10 bits per heavy atom. The van der Waals surface area contributed by atoms with Crippen LogP contribution in [0.25, 0.3) is 10.1 Å². The maximum absolute atomic E-state index is 12.7. The fourth-order valence-electron chi connectivity index (χ4n) is 2.55. The fourth-order valence-corrected chi connectivity index (χ4v) is 3.48. The van der Waals surface area contributed by atoms with E-state index in [1.165, 1.54) is 25.2 Å². The molecule has 2 N–H and O–H groups in total. The highest BCUT2D eigenvalue weighted by Crippen LogP contribution is 2.30. The van der Waals surface area contributed by atoms with Gasteiger partial charge in [-0.15, -0.1) is 11.3 Å². The maximum Gasteiger partial charge on any atom is 0.349 e. The molecular formula is C19H15N3O6S. The number of hydrogen-bond acceptors (Lipinski definition) is 7. The quantitative estimate of drug-likeness (QED) is 0.376. The lowest BCUT2D eigenvalue weighted by Crippen LogP contribution is -2.41. The van der Waals surface area contributed by atoms with Gasteiger partial charge in [-0.1, -0.05) is 30.3 Å². The number of nitro benzene ring substituents is 1. The number of rotatable bonds is 5. The first-order chi connectivity index (χ1) is 13.9. The van der Waals surface area contributed by atoms with Gasteiger partial charge >= 0.3 is 12.0 Å². The van der Waals surface area contributed by atoms with E-state index in [0.29, 0.717) is 15.6 Å². The number of benzene rings is 2. The van der Waals surface area contributed by atoms with Crippen LogP contribution < -0.4 is 10.6 Å². The van der Waals surface area contributed by atoms with Gasteiger partial charge in [0, 0.05) is 34.8 Å². The van der Waals surface area contributed by atoms with Gasteiger partial charge in [0.15, 0.2) is 0 Å². The molecule has 1 atom stereocenters. The van der Waals surface area contributed by atoms with Crippen LogP contribution in [0, 0.1) is 10.1 Å². The number of ether oxygens (including phenoxy) is 1. The Kier molecular flexibility index (Phi) is 5.84. The van der Waals surface area contributed by atoms with Crippen molar-refractivity contribution in [1.82, 2.24) is 10.6 Å². The first-order valence-corrected chi connectivity index (χ1v) is 9.17. The van der Waals surface area contributed by atoms with Crippen LogP contribution in [0.3, 0.4) is 0 Å². The number of carbonyl (C=O) groups excluding carboxylic acids is 3. The van der Waals surface area contributed by atoms with E-state index in [2.05, 4.69) is 10.6 Å². The number of esters is 1. The Bertz CT molecular complexity index is 1100. The lowest BCUT2D eigenvalue weighted by Gasteiger charge is -2.17. The summed E-state index contributed by atoms with van der Waals surface area (Å²) >= 11 is 1.08. The van der Waals surface area contributed by atoms with Crippen LogP contribution in [-0.4, -0.2) is 29.9 Å². The smallest absolute Gasteiger partial charge is 0.349 e. The molecule has 29 heavy (non-hydrogen) atoms. The molecule has 3 aromatic rings. The summed E-state index contributed by atoms with van der Waals surface area (Å²) in [5, 5.41) is 15.8. The number of hydrogen-bond donors (Lipinski definition) is 2. The van der Waals surface area contributed by atoms with Crippen molar-refractivity contribution in [3.05, 3.63) is 75.2 Å². The number of nitro groups is 1. The number of nitrogens with one attached hydrogen (secondary N) is 2. The van der Waals surface area contributed by atoms with Gasteiger partial charge in [-0.2, -0.15) is 0 Å². The summed E-state index contributed by atoms with van der Waals surface area (Å²) in [4.78, 5) is 47.1. The van der Waals surface area contributed by atoms with Gasteiger partial charge in [-0.3, -0.25) is 20.2 Å². The van der Waals surface area contributed by atoms with E-state index in [4.69, 9.17) is 4.74 Å². The van der Waals surface area contributed by atoms with E-state index < -0.39 is 28.9 Å². The highest BCUT2D eigenvalue weighted by molar-refractivity contribution is 7.20. The van der Waals surface area contributed by atoms with E-state index in [-0.39, 0.29) is 10.6 Å². The van der Waals surface area contributed by atoms with E-state index in [9.17, 15) is 24.5 Å². The molecule has 3 amide bonds. The molecule has 1 aromatic heterocycles. The molecule has 0 unspecified atom stereocenters. The SMILES string of the molecule is CNC(=O)NC(=O)[C@H](OC(=O)c1cc2cc([N+](=O)[O-])ccc2s1)c1ccccc1. The van der Waals surface area contributed by atoms with Crippen molar-refractivity contribution in [3.63, 3.8) is 0 Å². The summed E-state index contributed by atoms with van der Waals surface area (Å²) in [6.45, 7) is 0. The van der Waals surface area contributed by atoms with Crippen molar-refractivity contribution in [1.29, 1.82) is 0 Å².